The van der Waals surface area contributed by atoms with Crippen LogP contribution in [0.15, 0.2) is 65.6 Å². The van der Waals surface area contributed by atoms with E-state index in [9.17, 15) is 24.0 Å². The van der Waals surface area contributed by atoms with Crippen LogP contribution in [0, 0.1) is 20.7 Å². The molecule has 0 unspecified atom stereocenters. The Morgan fingerprint density at radius 2 is 1.90 bits per heavy atom. The van der Waals surface area contributed by atoms with E-state index < -0.39 is 22.9 Å². The zero-order valence-corrected chi connectivity index (χ0v) is 23.5. The number of nitriles is 1. The summed E-state index contributed by atoms with van der Waals surface area (Å²) in [7, 11) is 0. The van der Waals surface area contributed by atoms with Gasteiger partial charge in [-0.2, -0.15) is 5.26 Å². The van der Waals surface area contributed by atoms with Crippen molar-refractivity contribution in [1.29, 1.82) is 5.26 Å². The minimum atomic E-state index is -0.455. The van der Waals surface area contributed by atoms with Crippen molar-refractivity contribution < 1.29 is 28.2 Å². The number of carbonyl (C=O) groups excluding carboxylic acids is 3. The van der Waals surface area contributed by atoms with Gasteiger partial charge in [-0.15, -0.1) is 0 Å². The Morgan fingerprint density at radius 1 is 1.15 bits per heavy atom. The van der Waals surface area contributed by atoms with Gasteiger partial charge >= 0.3 is 0 Å². The van der Waals surface area contributed by atoms with Crippen LogP contribution >= 0.6 is 34.4 Å². The van der Waals surface area contributed by atoms with Gasteiger partial charge in [-0.25, -0.2) is 4.39 Å². The average molecular weight is 657 g/mol. The van der Waals surface area contributed by atoms with Crippen molar-refractivity contribution in [1.82, 2.24) is 4.90 Å². The van der Waals surface area contributed by atoms with Crippen LogP contribution in [0.2, 0.25) is 0 Å². The summed E-state index contributed by atoms with van der Waals surface area (Å²) in [4.78, 5) is 39.3. The lowest BCUT2D eigenvalue weighted by atomic mass is 10.1. The Bertz CT molecular complexity index is 1500. The predicted octanol–water partition coefficient (Wildman–Crippen LogP) is 5.95. The molecule has 3 aromatic carbocycles. The highest BCUT2D eigenvalue weighted by Gasteiger charge is 2.35. The molecule has 0 aromatic heterocycles. The second-order valence-corrected chi connectivity index (χ2v) is 10.3. The molecule has 0 radical (unpaired) electrons. The molecule has 1 aliphatic heterocycles. The lowest BCUT2D eigenvalue weighted by molar-refractivity contribution is -0.123. The number of nitrogens with zero attached hydrogens (tertiary/aromatic N) is 2. The predicted molar refractivity (Wildman–Crippen MR) is 154 cm³/mol. The molecule has 3 aromatic rings. The number of thioether (sulfide) groups is 1. The molecular formula is C28H21FIN3O5S. The molecule has 0 saturated carbocycles. The van der Waals surface area contributed by atoms with Gasteiger partial charge in [0.15, 0.2) is 18.1 Å². The molecule has 198 valence electrons. The van der Waals surface area contributed by atoms with Crippen LogP contribution in [-0.2, 0) is 16.1 Å². The molecule has 8 nitrogen and oxygen atoms in total. The van der Waals surface area contributed by atoms with Gasteiger partial charge in [0, 0.05) is 5.69 Å². The number of nitrogens with one attached hydrogen (secondary N) is 1. The van der Waals surface area contributed by atoms with Gasteiger partial charge in [0.05, 0.1) is 33.3 Å². The van der Waals surface area contributed by atoms with Crippen molar-refractivity contribution in [3.05, 3.63) is 91.6 Å². The quantitative estimate of drug-likeness (QED) is 0.224. The van der Waals surface area contributed by atoms with Gasteiger partial charge in [-0.3, -0.25) is 19.3 Å². The summed E-state index contributed by atoms with van der Waals surface area (Å²) in [6, 6.07) is 17.7. The second-order valence-electron chi connectivity index (χ2n) is 8.14. The largest absolute Gasteiger partial charge is 0.490 e. The zero-order valence-electron chi connectivity index (χ0n) is 20.6. The van der Waals surface area contributed by atoms with Gasteiger partial charge in [0.25, 0.3) is 17.1 Å². The highest BCUT2D eigenvalue weighted by atomic mass is 127. The highest BCUT2D eigenvalue weighted by Crippen LogP contribution is 2.38. The molecule has 3 amide bonds. The number of anilines is 1. The van der Waals surface area contributed by atoms with Crippen LogP contribution < -0.4 is 14.8 Å². The van der Waals surface area contributed by atoms with Crippen LogP contribution in [0.5, 0.6) is 11.5 Å². The Balaban J connectivity index is 1.50. The summed E-state index contributed by atoms with van der Waals surface area (Å²) < 4.78 is 25.2. The standard InChI is InChI=1S/C28H21FIN3O5S/c1-2-37-23-12-17(11-22(30)26(23)38-16-25(34)32-21-9-7-20(29)8-10-21)13-24-27(35)33(28(36)39-24)15-19-6-4-3-5-18(19)14-31/h3-13H,2,15-16H2,1H3,(H,32,34)/b24-13+. The minimum absolute atomic E-state index is 0.000232. The van der Waals surface area contributed by atoms with E-state index in [1.54, 1.807) is 49.4 Å². The molecule has 1 aliphatic rings. The van der Waals surface area contributed by atoms with Crippen molar-refractivity contribution in [2.45, 2.75) is 13.5 Å². The Labute approximate surface area is 241 Å². The molecule has 1 saturated heterocycles. The fourth-order valence-electron chi connectivity index (χ4n) is 3.67. The number of carbonyl (C=O) groups is 3. The first-order valence-electron chi connectivity index (χ1n) is 11.7. The van der Waals surface area contributed by atoms with E-state index in [1.165, 1.54) is 24.3 Å². The summed E-state index contributed by atoms with van der Waals surface area (Å²) in [6.07, 6.45) is 1.59. The smallest absolute Gasteiger partial charge is 0.293 e. The third kappa shape index (κ3) is 6.96. The van der Waals surface area contributed by atoms with E-state index in [2.05, 4.69) is 11.4 Å². The third-order valence-corrected chi connectivity index (χ3v) is 7.15. The minimum Gasteiger partial charge on any atom is -0.490 e. The van der Waals surface area contributed by atoms with Crippen LogP contribution in [0.25, 0.3) is 6.08 Å². The molecule has 0 atom stereocenters. The van der Waals surface area contributed by atoms with Crippen molar-refractivity contribution in [3.63, 3.8) is 0 Å². The van der Waals surface area contributed by atoms with Gasteiger partial charge in [0.2, 0.25) is 0 Å². The van der Waals surface area contributed by atoms with Crippen molar-refractivity contribution in [2.75, 3.05) is 18.5 Å². The summed E-state index contributed by atoms with van der Waals surface area (Å²) >= 11 is 2.86. The number of rotatable bonds is 9. The highest BCUT2D eigenvalue weighted by molar-refractivity contribution is 14.1. The molecule has 11 heteroatoms. The summed E-state index contributed by atoms with van der Waals surface area (Å²) in [5, 5.41) is 11.5. The fraction of sp³-hybridized carbons (Fsp3) is 0.143. The maximum absolute atomic E-state index is 13.1. The molecule has 1 fully saturated rings. The zero-order chi connectivity index (χ0) is 27.9. The fourth-order valence-corrected chi connectivity index (χ4v) is 5.29. The average Bonchev–Trinajstić information content (AvgIpc) is 3.17. The van der Waals surface area contributed by atoms with Crippen molar-refractivity contribution in [2.24, 2.45) is 0 Å². The number of benzene rings is 3. The summed E-state index contributed by atoms with van der Waals surface area (Å²) in [5.74, 6) is -0.578. The van der Waals surface area contributed by atoms with E-state index in [0.29, 0.717) is 44.1 Å². The summed E-state index contributed by atoms with van der Waals surface area (Å²) in [5.41, 5.74) is 2.03. The first-order chi connectivity index (χ1) is 18.8. The number of hydrogen-bond acceptors (Lipinski definition) is 7. The lowest BCUT2D eigenvalue weighted by Crippen LogP contribution is -2.27. The van der Waals surface area contributed by atoms with Crippen molar-refractivity contribution >= 4 is 63.2 Å². The Kier molecular flexibility index (Phi) is 9.21. The molecule has 1 N–H and O–H groups in total. The Morgan fingerprint density at radius 3 is 2.62 bits per heavy atom. The van der Waals surface area contributed by atoms with E-state index in [0.717, 1.165) is 16.7 Å². The second kappa shape index (κ2) is 12.8. The maximum atomic E-state index is 13.1. The number of imide groups is 1. The molecule has 0 aliphatic carbocycles. The number of halogens is 2. The van der Waals surface area contributed by atoms with Crippen molar-refractivity contribution in [3.8, 4) is 17.6 Å². The molecular weight excluding hydrogens is 636 g/mol. The van der Waals surface area contributed by atoms with E-state index in [4.69, 9.17) is 9.47 Å². The Hall–Kier alpha value is -3.89. The topological polar surface area (TPSA) is 109 Å². The molecule has 4 rings (SSSR count). The van der Waals surface area contributed by atoms with E-state index >= 15 is 0 Å². The lowest BCUT2D eigenvalue weighted by Gasteiger charge is -2.15. The molecule has 39 heavy (non-hydrogen) atoms. The number of ether oxygens (including phenoxy) is 2. The normalized spacial score (nSPS) is 13.9. The first-order valence-corrected chi connectivity index (χ1v) is 13.6. The number of amides is 3. The van der Waals surface area contributed by atoms with Crippen LogP contribution in [0.1, 0.15) is 23.6 Å². The monoisotopic (exact) mass is 657 g/mol. The van der Waals surface area contributed by atoms with Gasteiger partial charge < -0.3 is 14.8 Å². The van der Waals surface area contributed by atoms with Crippen LogP contribution in [0.4, 0.5) is 14.9 Å². The third-order valence-electron chi connectivity index (χ3n) is 5.44. The SMILES string of the molecule is CCOc1cc(/C=C2/SC(=O)N(Cc3ccccc3C#N)C2=O)cc(I)c1OCC(=O)Nc1ccc(F)cc1. The van der Waals surface area contributed by atoms with Gasteiger partial charge in [-0.05, 0) is 101 Å². The molecule has 0 bridgehead atoms. The van der Waals surface area contributed by atoms with Crippen LogP contribution in [-0.4, -0.2) is 35.2 Å². The van der Waals surface area contributed by atoms with Gasteiger partial charge in [0.1, 0.15) is 5.82 Å². The van der Waals surface area contributed by atoms with E-state index in [1.807, 2.05) is 22.6 Å². The van der Waals surface area contributed by atoms with E-state index in [-0.39, 0.29) is 18.1 Å². The number of hydrogen-bond donors (Lipinski definition) is 1. The maximum Gasteiger partial charge on any atom is 0.293 e. The molecule has 0 spiro atoms. The summed E-state index contributed by atoms with van der Waals surface area (Å²) in [6.45, 7) is 1.82. The van der Waals surface area contributed by atoms with Crippen LogP contribution in [0.3, 0.4) is 0 Å². The van der Waals surface area contributed by atoms with Gasteiger partial charge in [-0.1, -0.05) is 18.2 Å². The first kappa shape index (κ1) is 28.1. The molecule has 1 heterocycles.